The molecule has 0 fully saturated rings. The molecule has 0 amide bonds. The first-order valence-electron chi connectivity index (χ1n) is 6.42. The van der Waals surface area contributed by atoms with Crippen LogP contribution < -0.4 is 0 Å². The second-order valence-electron chi connectivity index (χ2n) is 4.82. The molecule has 0 aliphatic heterocycles. The highest BCUT2D eigenvalue weighted by Crippen LogP contribution is 2.29. The molecular formula is C15H12ClF2N3. The van der Waals surface area contributed by atoms with Gasteiger partial charge in [-0.15, -0.1) is 11.6 Å². The van der Waals surface area contributed by atoms with Gasteiger partial charge >= 0.3 is 0 Å². The third-order valence-electron chi connectivity index (χ3n) is 3.28. The Morgan fingerprint density at radius 1 is 1.24 bits per heavy atom. The van der Waals surface area contributed by atoms with Gasteiger partial charge in [0.15, 0.2) is 5.65 Å². The highest BCUT2D eigenvalue weighted by Gasteiger charge is 2.20. The van der Waals surface area contributed by atoms with Crippen LogP contribution in [0.1, 0.15) is 23.7 Å². The number of hydrogen-bond donors (Lipinski definition) is 0. The van der Waals surface area contributed by atoms with Crippen molar-refractivity contribution in [1.29, 1.82) is 0 Å². The normalized spacial score (nSPS) is 12.8. The van der Waals surface area contributed by atoms with Crippen molar-refractivity contribution in [3.05, 3.63) is 53.5 Å². The van der Waals surface area contributed by atoms with Crippen LogP contribution in [0.25, 0.3) is 16.9 Å². The zero-order valence-corrected chi connectivity index (χ0v) is 12.2. The zero-order valence-electron chi connectivity index (χ0n) is 11.4. The molecule has 21 heavy (non-hydrogen) atoms. The number of alkyl halides is 1. The van der Waals surface area contributed by atoms with Crippen LogP contribution in [0.4, 0.5) is 8.78 Å². The Hall–Kier alpha value is -2.01. The molecule has 3 rings (SSSR count). The molecule has 0 aliphatic rings. The molecule has 2 heterocycles. The molecule has 1 atom stereocenters. The fraction of sp³-hybridized carbons (Fsp3) is 0.200. The van der Waals surface area contributed by atoms with E-state index >= 15 is 0 Å². The van der Waals surface area contributed by atoms with Crippen LogP contribution >= 0.6 is 11.6 Å². The number of imidazole rings is 1. The topological polar surface area (TPSA) is 30.7 Å². The molecule has 2 aromatic heterocycles. The smallest absolute Gasteiger partial charge is 0.165 e. The number of hydrogen-bond acceptors (Lipinski definition) is 2. The monoisotopic (exact) mass is 307 g/mol. The molecule has 3 nitrogen and oxygen atoms in total. The molecular weight excluding hydrogens is 296 g/mol. The highest BCUT2D eigenvalue weighted by atomic mass is 35.5. The maximum absolute atomic E-state index is 14.1. The Bertz CT molecular complexity index is 827. The number of aryl methyl sites for hydroxylation is 1. The Morgan fingerprint density at radius 2 is 2.00 bits per heavy atom. The van der Waals surface area contributed by atoms with Crippen molar-refractivity contribution in [2.45, 2.75) is 19.2 Å². The molecule has 1 aromatic carbocycles. The van der Waals surface area contributed by atoms with Gasteiger partial charge in [0, 0.05) is 12.3 Å². The van der Waals surface area contributed by atoms with E-state index in [4.69, 9.17) is 11.6 Å². The van der Waals surface area contributed by atoms with Gasteiger partial charge in [-0.25, -0.2) is 18.7 Å². The number of benzene rings is 1. The van der Waals surface area contributed by atoms with Gasteiger partial charge in [-0.3, -0.25) is 4.57 Å². The predicted molar refractivity (Wildman–Crippen MR) is 77.8 cm³/mol. The largest absolute Gasteiger partial charge is 0.276 e. The summed E-state index contributed by atoms with van der Waals surface area (Å²) in [5.74, 6) is -0.662. The summed E-state index contributed by atoms with van der Waals surface area (Å²) in [6, 6.07) is 5.07. The second-order valence-corrected chi connectivity index (χ2v) is 5.47. The van der Waals surface area contributed by atoms with E-state index in [1.165, 1.54) is 4.57 Å². The standard InChI is InChI=1S/C15H12ClF2N3/c1-8-5-6-19-15-13(8)20-14(9(2)16)21(15)12-7-10(17)3-4-11(12)18/h3-7,9H,1-2H3. The molecule has 108 valence electrons. The van der Waals surface area contributed by atoms with E-state index in [9.17, 15) is 8.78 Å². The van der Waals surface area contributed by atoms with Crippen molar-refractivity contribution < 1.29 is 8.78 Å². The number of fused-ring (bicyclic) bond motifs is 1. The zero-order chi connectivity index (χ0) is 15.1. The van der Waals surface area contributed by atoms with Gasteiger partial charge in [-0.05, 0) is 37.6 Å². The van der Waals surface area contributed by atoms with Crippen LogP contribution in [0.5, 0.6) is 0 Å². The summed E-state index contributed by atoms with van der Waals surface area (Å²) >= 11 is 6.15. The molecule has 0 saturated carbocycles. The van der Waals surface area contributed by atoms with Gasteiger partial charge in [-0.1, -0.05) is 0 Å². The fourth-order valence-electron chi connectivity index (χ4n) is 2.27. The predicted octanol–water partition coefficient (Wildman–Crippen LogP) is 4.31. The van der Waals surface area contributed by atoms with Crippen LogP contribution in [0, 0.1) is 18.6 Å². The lowest BCUT2D eigenvalue weighted by Gasteiger charge is -2.11. The van der Waals surface area contributed by atoms with Gasteiger partial charge < -0.3 is 0 Å². The van der Waals surface area contributed by atoms with Crippen molar-refractivity contribution in [3.63, 3.8) is 0 Å². The number of halogens is 3. The van der Waals surface area contributed by atoms with E-state index in [1.807, 2.05) is 13.0 Å². The summed E-state index contributed by atoms with van der Waals surface area (Å²) in [4.78, 5) is 8.68. The Labute approximate surface area is 125 Å². The minimum atomic E-state index is -0.558. The number of aromatic nitrogens is 3. The van der Waals surface area contributed by atoms with Gasteiger partial charge in [0.1, 0.15) is 23.0 Å². The quantitative estimate of drug-likeness (QED) is 0.661. The van der Waals surface area contributed by atoms with Gasteiger partial charge in [0.2, 0.25) is 0 Å². The summed E-state index contributed by atoms with van der Waals surface area (Å²) < 4.78 is 29.1. The summed E-state index contributed by atoms with van der Waals surface area (Å²) in [7, 11) is 0. The van der Waals surface area contributed by atoms with E-state index < -0.39 is 17.0 Å². The lowest BCUT2D eigenvalue weighted by molar-refractivity contribution is 0.591. The molecule has 6 heteroatoms. The maximum Gasteiger partial charge on any atom is 0.165 e. The van der Waals surface area contributed by atoms with Gasteiger partial charge in [-0.2, -0.15) is 0 Å². The Morgan fingerprint density at radius 3 is 2.71 bits per heavy atom. The minimum Gasteiger partial charge on any atom is -0.276 e. The molecule has 0 N–H and O–H groups in total. The molecule has 0 bridgehead atoms. The minimum absolute atomic E-state index is 0.0538. The third-order valence-corrected chi connectivity index (χ3v) is 3.47. The maximum atomic E-state index is 14.1. The molecule has 0 spiro atoms. The first kappa shape index (κ1) is 13.9. The van der Waals surface area contributed by atoms with Crippen LogP contribution in [0.3, 0.4) is 0 Å². The number of rotatable bonds is 2. The van der Waals surface area contributed by atoms with Gasteiger partial charge in [0.05, 0.1) is 11.1 Å². The summed E-state index contributed by atoms with van der Waals surface area (Å²) in [5, 5.41) is -0.471. The number of nitrogens with zero attached hydrogens (tertiary/aromatic N) is 3. The van der Waals surface area contributed by atoms with E-state index in [1.54, 1.807) is 13.1 Å². The van der Waals surface area contributed by atoms with Crippen LogP contribution in [0.2, 0.25) is 0 Å². The lowest BCUT2D eigenvalue weighted by Crippen LogP contribution is -2.05. The van der Waals surface area contributed by atoms with Crippen molar-refractivity contribution in [3.8, 4) is 5.69 Å². The number of pyridine rings is 1. The van der Waals surface area contributed by atoms with E-state index in [2.05, 4.69) is 9.97 Å². The van der Waals surface area contributed by atoms with E-state index in [0.29, 0.717) is 17.0 Å². The fourth-order valence-corrected chi connectivity index (χ4v) is 2.42. The van der Waals surface area contributed by atoms with Crippen LogP contribution in [0.15, 0.2) is 30.5 Å². The van der Waals surface area contributed by atoms with Crippen molar-refractivity contribution in [1.82, 2.24) is 14.5 Å². The average molecular weight is 308 g/mol. The molecule has 3 aromatic rings. The first-order valence-corrected chi connectivity index (χ1v) is 6.86. The van der Waals surface area contributed by atoms with Crippen molar-refractivity contribution in [2.24, 2.45) is 0 Å². The van der Waals surface area contributed by atoms with Crippen molar-refractivity contribution in [2.75, 3.05) is 0 Å². The second kappa shape index (κ2) is 5.07. The van der Waals surface area contributed by atoms with Crippen molar-refractivity contribution >= 4 is 22.8 Å². The Kier molecular flexibility index (Phi) is 3.37. The Balaban J connectivity index is 2.42. The van der Waals surface area contributed by atoms with Gasteiger partial charge in [0.25, 0.3) is 0 Å². The molecule has 0 saturated heterocycles. The average Bonchev–Trinajstić information content (AvgIpc) is 2.82. The van der Waals surface area contributed by atoms with E-state index in [-0.39, 0.29) is 5.69 Å². The van der Waals surface area contributed by atoms with Crippen LogP contribution in [-0.4, -0.2) is 14.5 Å². The summed E-state index contributed by atoms with van der Waals surface area (Å²) in [5.41, 5.74) is 2.04. The summed E-state index contributed by atoms with van der Waals surface area (Å²) in [6.07, 6.45) is 1.61. The molecule has 1 unspecified atom stereocenters. The highest BCUT2D eigenvalue weighted by molar-refractivity contribution is 6.20. The SMILES string of the molecule is Cc1ccnc2c1nc(C(C)Cl)n2-c1cc(F)ccc1F. The third kappa shape index (κ3) is 2.27. The molecule has 0 radical (unpaired) electrons. The summed E-state index contributed by atoms with van der Waals surface area (Å²) in [6.45, 7) is 3.61. The van der Waals surface area contributed by atoms with Crippen LogP contribution in [-0.2, 0) is 0 Å². The van der Waals surface area contributed by atoms with E-state index in [0.717, 1.165) is 23.8 Å². The molecule has 0 aliphatic carbocycles. The lowest BCUT2D eigenvalue weighted by atomic mass is 10.2. The first-order chi connectivity index (χ1) is 9.99.